The Balaban J connectivity index is 1.98. The van der Waals surface area contributed by atoms with Crippen LogP contribution < -0.4 is 4.74 Å². The number of carbonyl (C=O) groups is 1. The second-order valence-corrected chi connectivity index (χ2v) is 7.92. The Bertz CT molecular complexity index is 867. The van der Waals surface area contributed by atoms with Gasteiger partial charge in [-0.3, -0.25) is 4.90 Å². The summed E-state index contributed by atoms with van der Waals surface area (Å²) in [7, 11) is 0. The predicted molar refractivity (Wildman–Crippen MR) is 103 cm³/mol. The lowest BCUT2D eigenvalue weighted by Gasteiger charge is -2.42. The molecule has 4 nitrogen and oxygen atoms in total. The van der Waals surface area contributed by atoms with Crippen LogP contribution in [0.5, 0.6) is 5.75 Å². The van der Waals surface area contributed by atoms with Gasteiger partial charge < -0.3 is 9.47 Å². The Morgan fingerprint density at radius 2 is 1.83 bits per heavy atom. The summed E-state index contributed by atoms with van der Waals surface area (Å²) < 4.78 is 55.0. The summed E-state index contributed by atoms with van der Waals surface area (Å²) >= 11 is 0. The zero-order chi connectivity index (χ0) is 21.2. The molecule has 0 fully saturated rings. The van der Waals surface area contributed by atoms with E-state index in [-0.39, 0.29) is 30.9 Å². The number of ether oxygens (including phenoxy) is 2. The molecule has 3 rings (SSSR count). The van der Waals surface area contributed by atoms with E-state index in [2.05, 4.69) is 0 Å². The van der Waals surface area contributed by atoms with Crippen LogP contribution in [0, 0.1) is 0 Å². The molecule has 1 atom stereocenters. The Labute approximate surface area is 168 Å². The highest BCUT2D eigenvalue weighted by Gasteiger charge is 2.56. The van der Waals surface area contributed by atoms with Crippen molar-refractivity contribution < 1.29 is 27.4 Å². The standard InChI is InChI=1S/C22H24F3NO3/c1-21(2,3)29-20(27)26-13-12-16-10-7-11-17(18(16)22(26,25)19(23)24)28-14-15-8-5-4-6-9-15/h4-11,19H,12-14H2,1-3H3. The lowest BCUT2D eigenvalue weighted by Crippen LogP contribution is -2.56. The molecule has 1 aliphatic rings. The predicted octanol–water partition coefficient (Wildman–Crippen LogP) is 5.45. The first-order valence-electron chi connectivity index (χ1n) is 9.39. The third kappa shape index (κ3) is 4.33. The Kier molecular flexibility index (Phi) is 5.78. The number of halogens is 3. The fraction of sp³-hybridized carbons (Fsp3) is 0.409. The Morgan fingerprint density at radius 1 is 1.14 bits per heavy atom. The SMILES string of the molecule is CC(C)(C)OC(=O)N1CCc2cccc(OCc3ccccc3)c2C1(F)C(F)F. The number of nitrogens with zero attached hydrogens (tertiary/aromatic N) is 1. The normalized spacial score (nSPS) is 19.1. The van der Waals surface area contributed by atoms with Gasteiger partial charge in [-0.15, -0.1) is 0 Å². The average Bonchev–Trinajstić information content (AvgIpc) is 2.65. The van der Waals surface area contributed by atoms with Gasteiger partial charge >= 0.3 is 6.09 Å². The van der Waals surface area contributed by atoms with Gasteiger partial charge in [-0.05, 0) is 44.4 Å². The summed E-state index contributed by atoms with van der Waals surface area (Å²) in [5.74, 6) is -3.36. The van der Waals surface area contributed by atoms with Gasteiger partial charge in [0, 0.05) is 6.54 Å². The van der Waals surface area contributed by atoms with Crippen molar-refractivity contribution >= 4 is 6.09 Å². The van der Waals surface area contributed by atoms with E-state index in [0.717, 1.165) is 5.56 Å². The first-order chi connectivity index (χ1) is 13.6. The fourth-order valence-electron chi connectivity index (χ4n) is 3.34. The van der Waals surface area contributed by atoms with Crippen molar-refractivity contribution in [1.29, 1.82) is 0 Å². The molecule has 0 N–H and O–H groups in total. The maximum atomic E-state index is 16.0. The highest BCUT2D eigenvalue weighted by molar-refractivity contribution is 5.71. The van der Waals surface area contributed by atoms with Crippen LogP contribution in [-0.2, 0) is 23.6 Å². The molecule has 0 saturated heterocycles. The Morgan fingerprint density at radius 3 is 2.45 bits per heavy atom. The second kappa shape index (κ2) is 7.97. The van der Waals surface area contributed by atoms with Crippen LogP contribution in [0.1, 0.15) is 37.5 Å². The molecule has 1 unspecified atom stereocenters. The molecule has 0 radical (unpaired) electrons. The maximum absolute atomic E-state index is 16.0. The monoisotopic (exact) mass is 407 g/mol. The third-order valence-corrected chi connectivity index (χ3v) is 4.60. The molecule has 1 heterocycles. The summed E-state index contributed by atoms with van der Waals surface area (Å²) in [6, 6.07) is 13.8. The van der Waals surface area contributed by atoms with Crippen molar-refractivity contribution in [3.8, 4) is 5.75 Å². The van der Waals surface area contributed by atoms with Crippen molar-refractivity contribution in [1.82, 2.24) is 4.90 Å². The van der Waals surface area contributed by atoms with E-state index < -0.39 is 23.9 Å². The molecule has 0 bridgehead atoms. The van der Waals surface area contributed by atoms with Gasteiger partial charge in [-0.1, -0.05) is 42.5 Å². The van der Waals surface area contributed by atoms with Crippen molar-refractivity contribution in [3.05, 3.63) is 65.2 Å². The maximum Gasteiger partial charge on any atom is 0.413 e. The van der Waals surface area contributed by atoms with E-state index in [1.165, 1.54) is 6.07 Å². The molecule has 1 aliphatic heterocycles. The summed E-state index contributed by atoms with van der Waals surface area (Å²) in [5, 5.41) is 0. The second-order valence-electron chi connectivity index (χ2n) is 7.92. The lowest BCUT2D eigenvalue weighted by molar-refractivity contribution is -0.149. The average molecular weight is 407 g/mol. The van der Waals surface area contributed by atoms with Crippen LogP contribution in [0.4, 0.5) is 18.0 Å². The van der Waals surface area contributed by atoms with Crippen LogP contribution >= 0.6 is 0 Å². The number of carbonyl (C=O) groups excluding carboxylic acids is 1. The highest BCUT2D eigenvalue weighted by atomic mass is 19.3. The largest absolute Gasteiger partial charge is 0.488 e. The van der Waals surface area contributed by atoms with E-state index in [0.29, 0.717) is 10.5 Å². The van der Waals surface area contributed by atoms with Gasteiger partial charge in [0.25, 0.3) is 12.2 Å². The van der Waals surface area contributed by atoms with Gasteiger partial charge in [-0.2, -0.15) is 0 Å². The number of fused-ring (bicyclic) bond motifs is 1. The number of amides is 1. The third-order valence-electron chi connectivity index (χ3n) is 4.60. The van der Waals surface area contributed by atoms with E-state index in [9.17, 15) is 13.6 Å². The first kappa shape index (κ1) is 21.0. The number of benzene rings is 2. The molecule has 7 heteroatoms. The minimum absolute atomic E-state index is 0.0117. The van der Waals surface area contributed by atoms with Crippen molar-refractivity contribution in [2.24, 2.45) is 0 Å². The summed E-state index contributed by atoms with van der Waals surface area (Å²) in [4.78, 5) is 13.0. The van der Waals surface area contributed by atoms with E-state index in [1.807, 2.05) is 30.3 Å². The van der Waals surface area contributed by atoms with Crippen LogP contribution in [0.15, 0.2) is 48.5 Å². The van der Waals surface area contributed by atoms with Gasteiger partial charge in [0.1, 0.15) is 18.0 Å². The zero-order valence-electron chi connectivity index (χ0n) is 16.6. The summed E-state index contributed by atoms with van der Waals surface area (Å²) in [6.45, 7) is 4.66. The van der Waals surface area contributed by atoms with Gasteiger partial charge in [0.15, 0.2) is 0 Å². The van der Waals surface area contributed by atoms with Crippen molar-refractivity contribution in [3.63, 3.8) is 0 Å². The molecule has 156 valence electrons. The molecule has 29 heavy (non-hydrogen) atoms. The lowest BCUT2D eigenvalue weighted by atomic mass is 9.90. The van der Waals surface area contributed by atoms with Crippen LogP contribution in [0.3, 0.4) is 0 Å². The fourth-order valence-corrected chi connectivity index (χ4v) is 3.34. The summed E-state index contributed by atoms with van der Waals surface area (Å²) in [5.41, 5.74) is -0.0587. The number of hydrogen-bond acceptors (Lipinski definition) is 3. The number of rotatable bonds is 4. The molecule has 2 aromatic carbocycles. The van der Waals surface area contributed by atoms with E-state index in [4.69, 9.17) is 9.47 Å². The van der Waals surface area contributed by atoms with E-state index in [1.54, 1.807) is 32.9 Å². The summed E-state index contributed by atoms with van der Waals surface area (Å²) in [6.07, 6.45) is -4.38. The number of hydrogen-bond donors (Lipinski definition) is 0. The Hall–Kier alpha value is -2.70. The van der Waals surface area contributed by atoms with Crippen LogP contribution in [0.25, 0.3) is 0 Å². The topological polar surface area (TPSA) is 38.8 Å². The van der Waals surface area contributed by atoms with Crippen LogP contribution in [-0.4, -0.2) is 29.6 Å². The first-order valence-corrected chi connectivity index (χ1v) is 9.39. The molecular formula is C22H24F3NO3. The van der Waals surface area contributed by atoms with E-state index >= 15 is 4.39 Å². The van der Waals surface area contributed by atoms with Gasteiger partial charge in [-0.25, -0.2) is 18.0 Å². The quantitative estimate of drug-likeness (QED) is 0.633. The van der Waals surface area contributed by atoms with Crippen molar-refractivity contribution in [2.75, 3.05) is 6.54 Å². The molecular weight excluding hydrogens is 383 g/mol. The minimum atomic E-state index is -3.48. The molecule has 1 amide bonds. The zero-order valence-corrected chi connectivity index (χ0v) is 16.6. The smallest absolute Gasteiger partial charge is 0.413 e. The molecule has 2 aromatic rings. The highest BCUT2D eigenvalue weighted by Crippen LogP contribution is 2.46. The van der Waals surface area contributed by atoms with Gasteiger partial charge in [0.2, 0.25) is 0 Å². The molecule has 0 spiro atoms. The molecule has 0 aliphatic carbocycles. The molecule has 0 saturated carbocycles. The van der Waals surface area contributed by atoms with Crippen LogP contribution in [0.2, 0.25) is 0 Å². The number of alkyl halides is 3. The van der Waals surface area contributed by atoms with Gasteiger partial charge in [0.05, 0.1) is 5.56 Å². The molecule has 0 aromatic heterocycles. The minimum Gasteiger partial charge on any atom is -0.488 e. The van der Waals surface area contributed by atoms with Crippen molar-refractivity contribution in [2.45, 2.75) is 51.6 Å².